The van der Waals surface area contributed by atoms with E-state index in [1.165, 1.54) is 24.1 Å². The lowest BCUT2D eigenvalue weighted by atomic mass is 9.90. The van der Waals surface area contributed by atoms with Gasteiger partial charge in [-0.1, -0.05) is 6.07 Å². The number of hydrogen-bond acceptors (Lipinski definition) is 6. The highest BCUT2D eigenvalue weighted by Gasteiger charge is 2.47. The summed E-state index contributed by atoms with van der Waals surface area (Å²) >= 11 is 0. The van der Waals surface area contributed by atoms with E-state index in [4.69, 9.17) is 15.2 Å². The maximum Gasteiger partial charge on any atom is 0.413 e. The zero-order valence-corrected chi connectivity index (χ0v) is 18.5. The summed E-state index contributed by atoms with van der Waals surface area (Å²) < 4.78 is 25.1. The fourth-order valence-corrected chi connectivity index (χ4v) is 4.11. The van der Waals surface area contributed by atoms with Crippen LogP contribution in [-0.2, 0) is 20.7 Å². The maximum absolute atomic E-state index is 14.0. The quantitative estimate of drug-likeness (QED) is 0.757. The Morgan fingerprint density at radius 2 is 1.97 bits per heavy atom. The Bertz CT molecular complexity index is 970. The standard InChI is InChI=1S/C22H27FN4O5/c1-22(2,3)32-21(30)27-17(19(29)26-11-14(23)9-15(26)10-24)8-12-5-6-13(18(25)28)7-16(12)20(27)31-4/h5-7,14-15,17,20H,8-9,11H2,1-4H3,(H2,25,28)/t14-,15-,17-,20?/m0/s1. The van der Waals surface area contributed by atoms with Crippen molar-refractivity contribution in [1.82, 2.24) is 9.80 Å². The molecule has 32 heavy (non-hydrogen) atoms. The number of benzene rings is 1. The molecule has 2 heterocycles. The highest BCUT2D eigenvalue weighted by molar-refractivity contribution is 5.93. The number of rotatable bonds is 3. The Hall–Kier alpha value is -3.19. The van der Waals surface area contributed by atoms with Gasteiger partial charge in [0.15, 0.2) is 6.23 Å². The molecule has 3 amide bonds. The summed E-state index contributed by atoms with van der Waals surface area (Å²) in [5.74, 6) is -1.21. The second kappa shape index (κ2) is 8.74. The van der Waals surface area contributed by atoms with Crippen LogP contribution in [0.2, 0.25) is 0 Å². The summed E-state index contributed by atoms with van der Waals surface area (Å²) in [5.41, 5.74) is 5.94. The highest BCUT2D eigenvalue weighted by atomic mass is 19.1. The van der Waals surface area contributed by atoms with E-state index >= 15 is 0 Å². The first-order valence-electron chi connectivity index (χ1n) is 10.3. The molecule has 0 aliphatic carbocycles. The number of nitriles is 1. The predicted molar refractivity (Wildman–Crippen MR) is 111 cm³/mol. The lowest BCUT2D eigenvalue weighted by Gasteiger charge is -2.43. The predicted octanol–water partition coefficient (Wildman–Crippen LogP) is 2.05. The second-order valence-electron chi connectivity index (χ2n) is 8.94. The minimum atomic E-state index is -1.31. The van der Waals surface area contributed by atoms with Crippen LogP contribution in [0.1, 0.15) is 54.9 Å². The van der Waals surface area contributed by atoms with Crippen LogP contribution in [0.25, 0.3) is 0 Å². The van der Waals surface area contributed by atoms with Crippen LogP contribution in [-0.4, -0.2) is 65.2 Å². The number of nitrogens with zero attached hydrogens (tertiary/aromatic N) is 3. The molecular weight excluding hydrogens is 419 g/mol. The SMILES string of the molecule is COC1c2cc(C(N)=O)ccc2C[C@@H](C(=O)N2C[C@@H](F)C[C@H]2C#N)N1C(=O)OC(C)(C)C. The van der Waals surface area contributed by atoms with E-state index in [0.29, 0.717) is 11.1 Å². The fourth-order valence-electron chi connectivity index (χ4n) is 4.11. The summed E-state index contributed by atoms with van der Waals surface area (Å²) in [6, 6.07) is 4.66. The molecule has 0 bridgehead atoms. The number of alkyl halides is 1. The first-order chi connectivity index (χ1) is 15.0. The van der Waals surface area contributed by atoms with Crippen molar-refractivity contribution in [2.75, 3.05) is 13.7 Å². The first-order valence-corrected chi connectivity index (χ1v) is 10.3. The number of fused-ring (bicyclic) bond motifs is 1. The van der Waals surface area contributed by atoms with Crippen molar-refractivity contribution in [2.45, 2.75) is 63.7 Å². The molecule has 0 radical (unpaired) electrons. The number of amides is 3. The number of nitrogens with two attached hydrogens (primary N) is 1. The third-order valence-electron chi connectivity index (χ3n) is 5.49. The zero-order chi connectivity index (χ0) is 23.8. The molecule has 0 saturated carbocycles. The van der Waals surface area contributed by atoms with Gasteiger partial charge in [-0.25, -0.2) is 9.18 Å². The van der Waals surface area contributed by atoms with Crippen molar-refractivity contribution in [3.63, 3.8) is 0 Å². The van der Waals surface area contributed by atoms with Gasteiger partial charge in [0.25, 0.3) is 0 Å². The number of carbonyl (C=O) groups is 3. The van der Waals surface area contributed by atoms with Crippen LogP contribution >= 0.6 is 0 Å². The van der Waals surface area contributed by atoms with Crippen LogP contribution in [0, 0.1) is 11.3 Å². The van der Waals surface area contributed by atoms with Gasteiger partial charge in [-0.15, -0.1) is 0 Å². The van der Waals surface area contributed by atoms with Crippen molar-refractivity contribution in [3.8, 4) is 6.07 Å². The van der Waals surface area contributed by atoms with Crippen molar-refractivity contribution in [1.29, 1.82) is 5.26 Å². The van der Waals surface area contributed by atoms with Crippen molar-refractivity contribution in [3.05, 3.63) is 34.9 Å². The number of halogens is 1. The third-order valence-corrected chi connectivity index (χ3v) is 5.49. The summed E-state index contributed by atoms with van der Waals surface area (Å²) in [7, 11) is 1.36. The number of methoxy groups -OCH3 is 1. The minimum absolute atomic E-state index is 0.0757. The maximum atomic E-state index is 14.0. The molecule has 10 heteroatoms. The summed E-state index contributed by atoms with van der Waals surface area (Å²) in [4.78, 5) is 40.7. The zero-order valence-electron chi connectivity index (χ0n) is 18.5. The molecule has 0 spiro atoms. The van der Waals surface area contributed by atoms with E-state index in [1.807, 2.05) is 6.07 Å². The smallest absolute Gasteiger partial charge is 0.413 e. The van der Waals surface area contributed by atoms with Crippen LogP contribution in [0.4, 0.5) is 9.18 Å². The largest absolute Gasteiger partial charge is 0.444 e. The fraction of sp³-hybridized carbons (Fsp3) is 0.545. The number of primary amides is 1. The average molecular weight is 446 g/mol. The normalized spacial score (nSPS) is 25.1. The van der Waals surface area contributed by atoms with E-state index in [1.54, 1.807) is 26.8 Å². The van der Waals surface area contributed by atoms with Crippen molar-refractivity contribution >= 4 is 17.9 Å². The van der Waals surface area contributed by atoms with E-state index < -0.39 is 48.0 Å². The van der Waals surface area contributed by atoms with Gasteiger partial charge in [-0.2, -0.15) is 5.26 Å². The minimum Gasteiger partial charge on any atom is -0.444 e. The summed E-state index contributed by atoms with van der Waals surface area (Å²) in [5, 5.41) is 9.38. The summed E-state index contributed by atoms with van der Waals surface area (Å²) in [6.45, 7) is 4.84. The number of hydrogen-bond donors (Lipinski definition) is 1. The molecule has 4 atom stereocenters. The molecule has 0 aromatic heterocycles. The molecule has 2 aliphatic rings. The topological polar surface area (TPSA) is 126 Å². The Labute approximate surface area is 185 Å². The van der Waals surface area contributed by atoms with Gasteiger partial charge in [0.2, 0.25) is 11.8 Å². The van der Waals surface area contributed by atoms with E-state index in [2.05, 4.69) is 0 Å². The molecule has 9 nitrogen and oxygen atoms in total. The van der Waals surface area contributed by atoms with E-state index in [0.717, 1.165) is 4.90 Å². The first kappa shape index (κ1) is 23.5. The van der Waals surface area contributed by atoms with Crippen LogP contribution < -0.4 is 5.73 Å². The summed E-state index contributed by atoms with van der Waals surface area (Å²) in [6.07, 6.45) is -3.16. The molecule has 1 aromatic rings. The molecule has 1 saturated heterocycles. The molecule has 1 unspecified atom stereocenters. The van der Waals surface area contributed by atoms with Gasteiger partial charge in [-0.05, 0) is 38.5 Å². The Balaban J connectivity index is 2.07. The van der Waals surface area contributed by atoms with Crippen LogP contribution in [0.5, 0.6) is 0 Å². The number of likely N-dealkylation sites (tertiary alicyclic amines) is 1. The van der Waals surface area contributed by atoms with Crippen LogP contribution in [0.15, 0.2) is 18.2 Å². The van der Waals surface area contributed by atoms with Crippen molar-refractivity contribution < 1.29 is 28.2 Å². The average Bonchev–Trinajstić information content (AvgIpc) is 3.10. The molecule has 1 aromatic carbocycles. The van der Waals surface area contributed by atoms with Gasteiger partial charge in [-0.3, -0.25) is 14.5 Å². The Morgan fingerprint density at radius 1 is 1.28 bits per heavy atom. The molecule has 172 valence electrons. The van der Waals surface area contributed by atoms with Gasteiger partial charge in [0, 0.05) is 31.1 Å². The highest BCUT2D eigenvalue weighted by Crippen LogP contribution is 2.37. The van der Waals surface area contributed by atoms with Crippen LogP contribution in [0.3, 0.4) is 0 Å². The number of carbonyl (C=O) groups excluding carboxylic acids is 3. The number of ether oxygens (including phenoxy) is 2. The van der Waals surface area contributed by atoms with E-state index in [9.17, 15) is 24.0 Å². The van der Waals surface area contributed by atoms with Gasteiger partial charge >= 0.3 is 6.09 Å². The molecule has 2 N–H and O–H groups in total. The van der Waals surface area contributed by atoms with Crippen molar-refractivity contribution in [2.24, 2.45) is 5.73 Å². The third kappa shape index (κ3) is 4.53. The Morgan fingerprint density at radius 3 is 2.53 bits per heavy atom. The lowest BCUT2D eigenvalue weighted by Crippen LogP contribution is -2.57. The molecular formula is C22H27FN4O5. The Kier molecular flexibility index (Phi) is 6.41. The monoisotopic (exact) mass is 446 g/mol. The molecule has 2 aliphatic heterocycles. The van der Waals surface area contributed by atoms with Gasteiger partial charge in [0.05, 0.1) is 12.6 Å². The second-order valence-corrected chi connectivity index (χ2v) is 8.94. The molecule has 3 rings (SSSR count). The van der Waals surface area contributed by atoms with E-state index in [-0.39, 0.29) is 24.9 Å². The van der Waals surface area contributed by atoms with Gasteiger partial charge < -0.3 is 20.1 Å². The lowest BCUT2D eigenvalue weighted by molar-refractivity contribution is -0.145. The van der Waals surface area contributed by atoms with Gasteiger partial charge in [0.1, 0.15) is 23.9 Å². The molecule has 1 fully saturated rings.